The van der Waals surface area contributed by atoms with Crippen LogP contribution in [0.2, 0.25) is 0 Å². The molecule has 0 aliphatic carbocycles. The number of benzene rings is 1. The Hall–Kier alpha value is -3.52. The first-order valence-corrected chi connectivity index (χ1v) is 10.0. The van der Waals surface area contributed by atoms with Crippen molar-refractivity contribution in [2.75, 3.05) is 31.1 Å². The van der Waals surface area contributed by atoms with Crippen LogP contribution in [0.3, 0.4) is 0 Å². The van der Waals surface area contributed by atoms with Crippen LogP contribution in [-0.2, 0) is 6.54 Å². The molecule has 1 aliphatic rings. The highest BCUT2D eigenvalue weighted by molar-refractivity contribution is 5.77. The molecule has 30 heavy (non-hydrogen) atoms. The van der Waals surface area contributed by atoms with E-state index in [1.807, 2.05) is 61.7 Å². The predicted octanol–water partition coefficient (Wildman–Crippen LogP) is 3.42. The molecule has 1 fully saturated rings. The van der Waals surface area contributed by atoms with E-state index in [4.69, 9.17) is 8.94 Å². The van der Waals surface area contributed by atoms with Gasteiger partial charge in [0.25, 0.3) is 5.89 Å². The van der Waals surface area contributed by atoms with Gasteiger partial charge in [0.1, 0.15) is 22.8 Å². The minimum atomic E-state index is 0.440. The first-order valence-electron chi connectivity index (χ1n) is 10.0. The van der Waals surface area contributed by atoms with Crippen molar-refractivity contribution < 1.29 is 8.94 Å². The summed E-state index contributed by atoms with van der Waals surface area (Å²) in [6.45, 7) is 6.14. The van der Waals surface area contributed by atoms with E-state index in [1.165, 1.54) is 0 Å². The molecule has 1 saturated heterocycles. The van der Waals surface area contributed by atoms with Gasteiger partial charge in [-0.1, -0.05) is 41.6 Å². The zero-order valence-corrected chi connectivity index (χ0v) is 16.7. The van der Waals surface area contributed by atoms with Gasteiger partial charge in [0, 0.05) is 37.9 Å². The Kier molecular flexibility index (Phi) is 4.98. The lowest BCUT2D eigenvalue weighted by Gasteiger charge is -2.34. The molecule has 0 atom stereocenters. The van der Waals surface area contributed by atoms with E-state index in [1.54, 1.807) is 0 Å². The number of hydrogen-bond donors (Lipinski definition) is 0. The molecule has 3 aromatic heterocycles. The lowest BCUT2D eigenvalue weighted by molar-refractivity contribution is 0.226. The number of hydrogen-bond acceptors (Lipinski definition) is 8. The Morgan fingerprint density at radius 1 is 0.933 bits per heavy atom. The molecule has 0 N–H and O–H groups in total. The number of piperazine rings is 1. The number of pyridine rings is 1. The van der Waals surface area contributed by atoms with Crippen LogP contribution >= 0.6 is 0 Å². The third-order valence-electron chi connectivity index (χ3n) is 5.30. The maximum Gasteiger partial charge on any atom is 0.253 e. The van der Waals surface area contributed by atoms with Crippen LogP contribution in [0.1, 0.15) is 11.7 Å². The lowest BCUT2D eigenvalue weighted by Crippen LogP contribution is -2.46. The van der Waals surface area contributed by atoms with Gasteiger partial charge < -0.3 is 13.8 Å². The minimum absolute atomic E-state index is 0.440. The molecule has 0 bridgehead atoms. The molecule has 5 rings (SSSR count). The van der Waals surface area contributed by atoms with Crippen LogP contribution in [0.25, 0.3) is 22.7 Å². The molecule has 0 unspecified atom stereocenters. The van der Waals surface area contributed by atoms with Gasteiger partial charge in [-0.3, -0.25) is 4.90 Å². The van der Waals surface area contributed by atoms with E-state index >= 15 is 0 Å². The summed E-state index contributed by atoms with van der Waals surface area (Å²) in [7, 11) is 0. The van der Waals surface area contributed by atoms with Gasteiger partial charge in [-0.15, -0.1) is 10.2 Å². The summed E-state index contributed by atoms with van der Waals surface area (Å²) >= 11 is 0. The number of nitrogens with zero attached hydrogens (tertiary/aromatic N) is 6. The van der Waals surface area contributed by atoms with E-state index in [2.05, 4.69) is 30.1 Å². The summed E-state index contributed by atoms with van der Waals surface area (Å²) in [5.41, 5.74) is 2.42. The molecular weight excluding hydrogens is 380 g/mol. The van der Waals surface area contributed by atoms with Crippen LogP contribution in [0.4, 0.5) is 5.82 Å². The highest BCUT2D eigenvalue weighted by atomic mass is 16.5. The molecule has 4 aromatic rings. The van der Waals surface area contributed by atoms with Gasteiger partial charge in [-0.25, -0.2) is 4.98 Å². The summed E-state index contributed by atoms with van der Waals surface area (Å²) < 4.78 is 11.4. The predicted molar refractivity (Wildman–Crippen MR) is 112 cm³/mol. The van der Waals surface area contributed by atoms with E-state index in [0.29, 0.717) is 29.8 Å². The van der Waals surface area contributed by atoms with Crippen molar-refractivity contribution in [1.29, 1.82) is 0 Å². The lowest BCUT2D eigenvalue weighted by atomic mass is 10.1. The van der Waals surface area contributed by atoms with Crippen molar-refractivity contribution in [2.45, 2.75) is 13.5 Å². The summed E-state index contributed by atoms with van der Waals surface area (Å²) in [5, 5.41) is 12.7. The van der Waals surface area contributed by atoms with E-state index in [0.717, 1.165) is 43.1 Å². The van der Waals surface area contributed by atoms with Crippen LogP contribution in [0.15, 0.2) is 63.7 Å². The van der Waals surface area contributed by atoms with Gasteiger partial charge in [0.2, 0.25) is 5.89 Å². The fourth-order valence-corrected chi connectivity index (χ4v) is 3.70. The Balaban J connectivity index is 1.28. The molecular formula is C22H22N6O2. The first-order chi connectivity index (χ1) is 14.8. The van der Waals surface area contributed by atoms with Crippen molar-refractivity contribution in [2.24, 2.45) is 0 Å². The fraction of sp³-hybridized carbons (Fsp3) is 0.273. The Morgan fingerprint density at radius 3 is 2.50 bits per heavy atom. The van der Waals surface area contributed by atoms with Gasteiger partial charge in [-0.05, 0) is 19.1 Å². The normalized spacial score (nSPS) is 14.9. The second-order valence-corrected chi connectivity index (χ2v) is 7.28. The van der Waals surface area contributed by atoms with E-state index in [-0.39, 0.29) is 0 Å². The summed E-state index contributed by atoms with van der Waals surface area (Å²) in [6.07, 6.45) is 1.83. The van der Waals surface area contributed by atoms with Crippen LogP contribution in [0.5, 0.6) is 0 Å². The second kappa shape index (κ2) is 8.08. The molecule has 1 aromatic carbocycles. The number of aryl methyl sites for hydroxylation is 1. The molecule has 8 nitrogen and oxygen atoms in total. The highest BCUT2D eigenvalue weighted by Crippen LogP contribution is 2.33. The monoisotopic (exact) mass is 402 g/mol. The Bertz CT molecular complexity index is 1100. The maximum absolute atomic E-state index is 6.00. The quantitative estimate of drug-likeness (QED) is 0.502. The van der Waals surface area contributed by atoms with Crippen LogP contribution in [0, 0.1) is 6.92 Å². The van der Waals surface area contributed by atoms with E-state index in [9.17, 15) is 0 Å². The number of aromatic nitrogens is 4. The Labute approximate surface area is 174 Å². The fourth-order valence-electron chi connectivity index (χ4n) is 3.70. The molecule has 4 heterocycles. The largest absolute Gasteiger partial charge is 0.419 e. The van der Waals surface area contributed by atoms with Crippen LogP contribution < -0.4 is 4.90 Å². The molecule has 0 saturated carbocycles. The third-order valence-corrected chi connectivity index (χ3v) is 5.30. The summed E-state index contributed by atoms with van der Waals surface area (Å²) in [4.78, 5) is 9.05. The highest BCUT2D eigenvalue weighted by Gasteiger charge is 2.24. The van der Waals surface area contributed by atoms with Gasteiger partial charge in [-0.2, -0.15) is 0 Å². The zero-order valence-electron chi connectivity index (χ0n) is 16.7. The first kappa shape index (κ1) is 18.5. The van der Waals surface area contributed by atoms with Crippen LogP contribution in [-0.4, -0.2) is 51.4 Å². The standard InChI is InChI=1S/C22H22N6O2/c1-16-20(21(26-30-16)17-7-3-2-4-8-17)22-25-24-19(29-22)15-27-11-13-28(14-12-27)18-9-5-6-10-23-18/h2-10H,11-15H2,1H3. The molecule has 0 amide bonds. The molecule has 8 heteroatoms. The molecule has 0 radical (unpaired) electrons. The second-order valence-electron chi connectivity index (χ2n) is 7.28. The molecule has 1 aliphatic heterocycles. The summed E-state index contributed by atoms with van der Waals surface area (Å²) in [5.74, 6) is 2.72. The molecule has 0 spiro atoms. The zero-order chi connectivity index (χ0) is 20.3. The maximum atomic E-state index is 6.00. The van der Waals surface area contributed by atoms with Gasteiger partial charge in [0.15, 0.2) is 0 Å². The topological polar surface area (TPSA) is 84.3 Å². The third kappa shape index (κ3) is 3.69. The number of anilines is 1. The van der Waals surface area contributed by atoms with Crippen molar-refractivity contribution in [3.63, 3.8) is 0 Å². The average Bonchev–Trinajstić information content (AvgIpc) is 3.41. The minimum Gasteiger partial charge on any atom is -0.419 e. The van der Waals surface area contributed by atoms with Gasteiger partial charge in [0.05, 0.1) is 6.54 Å². The average molecular weight is 402 g/mol. The van der Waals surface area contributed by atoms with Crippen molar-refractivity contribution in [3.8, 4) is 22.7 Å². The Morgan fingerprint density at radius 2 is 1.73 bits per heavy atom. The SMILES string of the molecule is Cc1onc(-c2ccccc2)c1-c1nnc(CN2CCN(c3ccccn3)CC2)o1. The summed E-state index contributed by atoms with van der Waals surface area (Å²) in [6, 6.07) is 15.9. The smallest absolute Gasteiger partial charge is 0.253 e. The van der Waals surface area contributed by atoms with Gasteiger partial charge >= 0.3 is 0 Å². The van der Waals surface area contributed by atoms with Crippen molar-refractivity contribution >= 4 is 5.82 Å². The van der Waals surface area contributed by atoms with Crippen molar-refractivity contribution in [3.05, 3.63) is 66.4 Å². The van der Waals surface area contributed by atoms with E-state index < -0.39 is 0 Å². The molecule has 152 valence electrons. The van der Waals surface area contributed by atoms with Crippen molar-refractivity contribution in [1.82, 2.24) is 25.2 Å². The number of rotatable bonds is 5.